The fraction of sp³-hybridized carbons (Fsp3) is 0.545. The molecule has 1 aliphatic carbocycles. The summed E-state index contributed by atoms with van der Waals surface area (Å²) in [7, 11) is 0. The zero-order chi connectivity index (χ0) is 21.1. The number of carboxylic acids is 2. The molecule has 0 saturated carbocycles. The van der Waals surface area contributed by atoms with E-state index in [9.17, 15) is 0 Å². The Morgan fingerprint density at radius 3 is 2.14 bits per heavy atom. The summed E-state index contributed by atoms with van der Waals surface area (Å²) in [5.41, 5.74) is 1.39. The molecule has 2 aliphatic rings. The molecule has 7 heteroatoms. The monoisotopic (exact) mass is 404 g/mol. The second-order valence-corrected chi connectivity index (χ2v) is 7.41. The van der Waals surface area contributed by atoms with Gasteiger partial charge in [-0.05, 0) is 49.8 Å². The maximum Gasteiger partial charge on any atom is 0.414 e. The molecule has 160 valence electrons. The first-order chi connectivity index (χ1) is 14.0. The molecule has 0 spiro atoms. The summed E-state index contributed by atoms with van der Waals surface area (Å²) in [4.78, 5) is 23.4. The quantitative estimate of drug-likeness (QED) is 0.556. The highest BCUT2D eigenvalue weighted by Crippen LogP contribution is 2.20. The fourth-order valence-corrected chi connectivity index (χ4v) is 3.63. The van der Waals surface area contributed by atoms with E-state index in [0.717, 1.165) is 24.8 Å². The number of hydrogen-bond donors (Lipinski definition) is 2. The predicted molar refractivity (Wildman–Crippen MR) is 111 cm³/mol. The number of ether oxygens (including phenoxy) is 1. The highest BCUT2D eigenvalue weighted by Gasteiger charge is 2.20. The van der Waals surface area contributed by atoms with Gasteiger partial charge in [-0.25, -0.2) is 9.59 Å². The first-order valence-corrected chi connectivity index (χ1v) is 10.3. The molecule has 7 nitrogen and oxygen atoms in total. The third-order valence-electron chi connectivity index (χ3n) is 5.18. The van der Waals surface area contributed by atoms with E-state index < -0.39 is 11.9 Å². The zero-order valence-corrected chi connectivity index (χ0v) is 17.1. The van der Waals surface area contributed by atoms with E-state index in [2.05, 4.69) is 46.2 Å². The van der Waals surface area contributed by atoms with Crippen LogP contribution in [-0.4, -0.2) is 71.3 Å². The molecule has 0 aromatic heterocycles. The van der Waals surface area contributed by atoms with Gasteiger partial charge in [-0.2, -0.15) is 0 Å². The maximum atomic E-state index is 9.10. The number of carbonyl (C=O) groups is 2. The maximum absolute atomic E-state index is 9.10. The molecule has 1 heterocycles. The summed E-state index contributed by atoms with van der Waals surface area (Å²) < 4.78 is 5.51. The van der Waals surface area contributed by atoms with Crippen LogP contribution in [0.1, 0.15) is 31.7 Å². The molecule has 3 rings (SSSR count). The van der Waals surface area contributed by atoms with Crippen molar-refractivity contribution >= 4 is 11.9 Å². The molecule has 2 N–H and O–H groups in total. The van der Waals surface area contributed by atoms with Crippen LogP contribution in [0.4, 0.5) is 0 Å². The smallest absolute Gasteiger partial charge is 0.414 e. The minimum atomic E-state index is -1.82. The minimum Gasteiger partial charge on any atom is -0.494 e. The van der Waals surface area contributed by atoms with E-state index >= 15 is 0 Å². The van der Waals surface area contributed by atoms with E-state index in [1.807, 2.05) is 6.92 Å². The second-order valence-electron chi connectivity index (χ2n) is 7.41. The lowest BCUT2D eigenvalue weighted by Crippen LogP contribution is -2.47. The van der Waals surface area contributed by atoms with Gasteiger partial charge in [0.2, 0.25) is 0 Å². The Morgan fingerprint density at radius 2 is 1.62 bits per heavy atom. The molecular formula is C22H32N2O5. The van der Waals surface area contributed by atoms with E-state index in [-0.39, 0.29) is 0 Å². The summed E-state index contributed by atoms with van der Waals surface area (Å²) in [6.07, 6.45) is 8.65. The van der Waals surface area contributed by atoms with Crippen molar-refractivity contribution in [1.29, 1.82) is 0 Å². The van der Waals surface area contributed by atoms with Crippen molar-refractivity contribution < 1.29 is 24.5 Å². The van der Waals surface area contributed by atoms with Gasteiger partial charge in [-0.15, -0.1) is 0 Å². The van der Waals surface area contributed by atoms with Crippen LogP contribution in [0.2, 0.25) is 0 Å². The van der Waals surface area contributed by atoms with Gasteiger partial charge in [-0.1, -0.05) is 24.3 Å². The van der Waals surface area contributed by atoms with Crippen LogP contribution in [0.3, 0.4) is 0 Å². The molecule has 29 heavy (non-hydrogen) atoms. The summed E-state index contributed by atoms with van der Waals surface area (Å²) in [6.45, 7) is 9.93. The number of piperazine rings is 1. The molecule has 1 aromatic rings. The van der Waals surface area contributed by atoms with Crippen molar-refractivity contribution in [3.8, 4) is 5.75 Å². The molecule has 0 bridgehead atoms. The van der Waals surface area contributed by atoms with Crippen molar-refractivity contribution in [3.63, 3.8) is 0 Å². The Morgan fingerprint density at radius 1 is 1.00 bits per heavy atom. The third kappa shape index (κ3) is 8.66. The second kappa shape index (κ2) is 12.2. The summed E-state index contributed by atoms with van der Waals surface area (Å²) >= 11 is 0. The van der Waals surface area contributed by atoms with Gasteiger partial charge in [0.25, 0.3) is 0 Å². The van der Waals surface area contributed by atoms with Crippen molar-refractivity contribution in [2.24, 2.45) is 5.92 Å². The lowest BCUT2D eigenvalue weighted by atomic mass is 9.94. The fourth-order valence-electron chi connectivity index (χ4n) is 3.63. The third-order valence-corrected chi connectivity index (χ3v) is 5.18. The van der Waals surface area contributed by atoms with Crippen LogP contribution < -0.4 is 4.74 Å². The largest absolute Gasteiger partial charge is 0.494 e. The topological polar surface area (TPSA) is 90.3 Å². The van der Waals surface area contributed by atoms with Crippen LogP contribution in [0, 0.1) is 5.92 Å². The van der Waals surface area contributed by atoms with Gasteiger partial charge in [0.1, 0.15) is 5.75 Å². The van der Waals surface area contributed by atoms with Crippen LogP contribution in [0.25, 0.3) is 0 Å². The number of hydrogen-bond acceptors (Lipinski definition) is 5. The van der Waals surface area contributed by atoms with Gasteiger partial charge < -0.3 is 19.8 Å². The zero-order valence-electron chi connectivity index (χ0n) is 17.1. The van der Waals surface area contributed by atoms with E-state index in [1.54, 1.807) is 0 Å². The standard InChI is InChI=1S/C20H30N2O.C2H2O4/c1-2-23-20-10-8-19(9-11-20)17-22-14-12-21(13-15-22)16-18-6-4-3-5-7-18;3-1(4)2(5)6/h3-4,8-11,18H,2,5-7,12-17H2,1H3;(H,3,4)(H,5,6). The first kappa shape index (κ1) is 22.9. The number of allylic oxidation sites excluding steroid dienone is 2. The Labute approximate surface area is 172 Å². The first-order valence-electron chi connectivity index (χ1n) is 10.3. The molecule has 1 atom stereocenters. The number of nitrogens with zero attached hydrogens (tertiary/aromatic N) is 2. The highest BCUT2D eigenvalue weighted by molar-refractivity contribution is 6.27. The van der Waals surface area contributed by atoms with Crippen LogP contribution >= 0.6 is 0 Å². The van der Waals surface area contributed by atoms with Crippen molar-refractivity contribution in [3.05, 3.63) is 42.0 Å². The summed E-state index contributed by atoms with van der Waals surface area (Å²) in [6, 6.07) is 8.58. The Hall–Kier alpha value is -2.38. The van der Waals surface area contributed by atoms with E-state index in [0.29, 0.717) is 0 Å². The molecular weight excluding hydrogens is 372 g/mol. The average molecular weight is 405 g/mol. The minimum absolute atomic E-state index is 0.734. The van der Waals surface area contributed by atoms with Crippen LogP contribution in [0.5, 0.6) is 5.75 Å². The lowest BCUT2D eigenvalue weighted by molar-refractivity contribution is -0.159. The van der Waals surface area contributed by atoms with Gasteiger partial charge in [-0.3, -0.25) is 4.90 Å². The molecule has 0 amide bonds. The molecule has 1 aliphatic heterocycles. The van der Waals surface area contributed by atoms with Gasteiger partial charge in [0, 0.05) is 39.3 Å². The average Bonchev–Trinajstić information content (AvgIpc) is 2.72. The number of carboxylic acid groups (broad SMARTS) is 2. The number of benzene rings is 1. The van der Waals surface area contributed by atoms with Crippen LogP contribution in [-0.2, 0) is 16.1 Å². The highest BCUT2D eigenvalue weighted by atomic mass is 16.5. The Bertz CT molecular complexity index is 654. The summed E-state index contributed by atoms with van der Waals surface area (Å²) in [5.74, 6) is -1.79. The van der Waals surface area contributed by atoms with Crippen molar-refractivity contribution in [1.82, 2.24) is 9.80 Å². The van der Waals surface area contributed by atoms with Crippen molar-refractivity contribution in [2.75, 3.05) is 39.3 Å². The van der Waals surface area contributed by atoms with Gasteiger partial charge in [0.15, 0.2) is 0 Å². The number of rotatable bonds is 6. The van der Waals surface area contributed by atoms with Gasteiger partial charge in [0.05, 0.1) is 6.61 Å². The van der Waals surface area contributed by atoms with Crippen molar-refractivity contribution in [2.45, 2.75) is 32.7 Å². The Kier molecular flexibility index (Phi) is 9.67. The predicted octanol–water partition coefficient (Wildman–Crippen LogP) is 2.71. The normalized spacial score (nSPS) is 19.8. The molecule has 1 fully saturated rings. The Balaban J connectivity index is 0.000000438. The summed E-state index contributed by atoms with van der Waals surface area (Å²) in [5, 5.41) is 14.8. The molecule has 1 aromatic carbocycles. The van der Waals surface area contributed by atoms with E-state index in [4.69, 9.17) is 24.5 Å². The molecule has 0 radical (unpaired) electrons. The van der Waals surface area contributed by atoms with Gasteiger partial charge >= 0.3 is 11.9 Å². The van der Waals surface area contributed by atoms with E-state index in [1.165, 1.54) is 57.5 Å². The van der Waals surface area contributed by atoms with Crippen LogP contribution in [0.15, 0.2) is 36.4 Å². The SMILES string of the molecule is CCOc1ccc(CN2CCN(CC3CC=CCC3)CC2)cc1.O=C(O)C(=O)O. The molecule has 1 saturated heterocycles. The number of aliphatic carboxylic acids is 2. The lowest BCUT2D eigenvalue weighted by Gasteiger charge is -2.36. The molecule has 1 unspecified atom stereocenters.